The minimum Gasteiger partial charge on any atom is -0.304 e. The Labute approximate surface area is 111 Å². The van der Waals surface area contributed by atoms with E-state index in [-0.39, 0.29) is 6.04 Å². The summed E-state index contributed by atoms with van der Waals surface area (Å²) in [6.45, 7) is 2.96. The molecule has 0 saturated heterocycles. The van der Waals surface area contributed by atoms with Crippen molar-refractivity contribution in [1.29, 1.82) is 0 Å². The molecule has 2 aromatic carbocycles. The van der Waals surface area contributed by atoms with Crippen molar-refractivity contribution in [3.63, 3.8) is 0 Å². The first-order valence-corrected chi connectivity index (χ1v) is 6.46. The smallest absolute Gasteiger partial charge is 0.145 e. The van der Waals surface area contributed by atoms with Gasteiger partial charge in [-0.15, -0.1) is 0 Å². The van der Waals surface area contributed by atoms with Crippen molar-refractivity contribution in [3.8, 4) is 0 Å². The van der Waals surface area contributed by atoms with E-state index in [0.29, 0.717) is 0 Å². The fourth-order valence-electron chi connectivity index (χ4n) is 2.32. The Balaban J connectivity index is 2.05. The zero-order chi connectivity index (χ0) is 13.1. The van der Waals surface area contributed by atoms with Crippen molar-refractivity contribution < 1.29 is 0 Å². The summed E-state index contributed by atoms with van der Waals surface area (Å²) in [4.78, 5) is 4.26. The van der Waals surface area contributed by atoms with Gasteiger partial charge in [0.1, 0.15) is 12.2 Å². The van der Waals surface area contributed by atoms with Crippen molar-refractivity contribution in [1.82, 2.24) is 20.5 Å². The highest BCUT2D eigenvalue weighted by Gasteiger charge is 2.15. The summed E-state index contributed by atoms with van der Waals surface area (Å²) < 4.78 is 0. The molecule has 1 unspecified atom stereocenters. The fourth-order valence-corrected chi connectivity index (χ4v) is 2.32. The van der Waals surface area contributed by atoms with E-state index in [2.05, 4.69) is 69.9 Å². The van der Waals surface area contributed by atoms with Crippen molar-refractivity contribution in [2.24, 2.45) is 0 Å². The van der Waals surface area contributed by atoms with E-state index in [1.54, 1.807) is 6.33 Å². The molecule has 2 N–H and O–H groups in total. The quantitative estimate of drug-likeness (QED) is 0.750. The lowest BCUT2D eigenvalue weighted by Crippen LogP contribution is -2.23. The van der Waals surface area contributed by atoms with E-state index >= 15 is 0 Å². The van der Waals surface area contributed by atoms with Gasteiger partial charge in [-0.2, -0.15) is 5.10 Å². The topological polar surface area (TPSA) is 53.6 Å². The summed E-state index contributed by atoms with van der Waals surface area (Å²) in [7, 11) is 0. The Morgan fingerprint density at radius 3 is 2.74 bits per heavy atom. The molecular weight excluding hydrogens is 236 g/mol. The van der Waals surface area contributed by atoms with Crippen LogP contribution in [0.3, 0.4) is 0 Å². The number of aromatic nitrogens is 3. The van der Waals surface area contributed by atoms with Crippen LogP contribution in [0.1, 0.15) is 24.4 Å². The van der Waals surface area contributed by atoms with Crippen LogP contribution in [0.4, 0.5) is 0 Å². The van der Waals surface area contributed by atoms with Gasteiger partial charge in [-0.3, -0.25) is 5.10 Å². The van der Waals surface area contributed by atoms with Gasteiger partial charge in [0.25, 0.3) is 0 Å². The summed E-state index contributed by atoms with van der Waals surface area (Å²) in [6.07, 6.45) is 1.54. The van der Waals surface area contributed by atoms with Gasteiger partial charge in [0.2, 0.25) is 0 Å². The van der Waals surface area contributed by atoms with Crippen LogP contribution in [-0.4, -0.2) is 21.7 Å². The summed E-state index contributed by atoms with van der Waals surface area (Å²) in [6, 6.07) is 14.9. The first-order valence-electron chi connectivity index (χ1n) is 6.46. The maximum Gasteiger partial charge on any atom is 0.145 e. The highest BCUT2D eigenvalue weighted by Crippen LogP contribution is 2.23. The average Bonchev–Trinajstić information content (AvgIpc) is 2.98. The number of aromatic amines is 1. The van der Waals surface area contributed by atoms with Crippen molar-refractivity contribution in [2.75, 3.05) is 6.54 Å². The van der Waals surface area contributed by atoms with E-state index in [1.807, 2.05) is 0 Å². The predicted molar refractivity (Wildman–Crippen MR) is 75.9 cm³/mol. The first-order chi connectivity index (χ1) is 9.38. The lowest BCUT2D eigenvalue weighted by atomic mass is 10.0. The van der Waals surface area contributed by atoms with Crippen molar-refractivity contribution in [2.45, 2.75) is 13.0 Å². The van der Waals surface area contributed by atoms with Gasteiger partial charge in [-0.05, 0) is 28.9 Å². The Bertz CT molecular complexity index is 661. The van der Waals surface area contributed by atoms with Gasteiger partial charge >= 0.3 is 0 Å². The van der Waals surface area contributed by atoms with Crippen molar-refractivity contribution >= 4 is 10.8 Å². The largest absolute Gasteiger partial charge is 0.304 e. The summed E-state index contributed by atoms with van der Waals surface area (Å²) in [5, 5.41) is 12.8. The fraction of sp³-hybridized carbons (Fsp3) is 0.200. The molecule has 0 amide bonds. The molecule has 0 radical (unpaired) electrons. The standard InChI is InChI=1S/C15H16N4/c1-2-16-14(15-17-10-18-19-15)13-8-7-11-5-3-4-6-12(11)9-13/h3-10,14,16H,2H2,1H3,(H,17,18,19). The number of rotatable bonds is 4. The average molecular weight is 252 g/mol. The van der Waals surface area contributed by atoms with E-state index in [9.17, 15) is 0 Å². The number of fused-ring (bicyclic) bond motifs is 1. The van der Waals surface area contributed by atoms with Crippen LogP contribution >= 0.6 is 0 Å². The minimum absolute atomic E-state index is 0.0529. The number of nitrogens with zero attached hydrogens (tertiary/aromatic N) is 2. The lowest BCUT2D eigenvalue weighted by Gasteiger charge is -2.16. The van der Waals surface area contributed by atoms with Gasteiger partial charge in [-0.1, -0.05) is 43.3 Å². The normalized spacial score (nSPS) is 12.7. The highest BCUT2D eigenvalue weighted by atomic mass is 15.2. The molecule has 3 aromatic rings. The number of benzene rings is 2. The molecule has 0 bridgehead atoms. The maximum atomic E-state index is 4.26. The van der Waals surface area contributed by atoms with Gasteiger partial charge in [0.15, 0.2) is 0 Å². The molecule has 1 aromatic heterocycles. The molecule has 19 heavy (non-hydrogen) atoms. The number of hydrogen-bond donors (Lipinski definition) is 2. The van der Waals surface area contributed by atoms with E-state index in [0.717, 1.165) is 12.4 Å². The number of H-pyrrole nitrogens is 1. The zero-order valence-electron chi connectivity index (χ0n) is 10.8. The molecule has 0 saturated carbocycles. The molecule has 0 aliphatic rings. The van der Waals surface area contributed by atoms with Gasteiger partial charge in [0, 0.05) is 0 Å². The second kappa shape index (κ2) is 5.20. The molecule has 96 valence electrons. The van der Waals surface area contributed by atoms with E-state index < -0.39 is 0 Å². The van der Waals surface area contributed by atoms with Crippen molar-refractivity contribution in [3.05, 3.63) is 60.2 Å². The second-order valence-electron chi connectivity index (χ2n) is 4.47. The molecule has 4 nitrogen and oxygen atoms in total. The van der Waals surface area contributed by atoms with Crippen LogP contribution in [0, 0.1) is 0 Å². The second-order valence-corrected chi connectivity index (χ2v) is 4.47. The first kappa shape index (κ1) is 11.9. The molecule has 0 spiro atoms. The van der Waals surface area contributed by atoms with Gasteiger partial charge < -0.3 is 5.32 Å². The summed E-state index contributed by atoms with van der Waals surface area (Å²) in [5.41, 5.74) is 1.19. The number of hydrogen-bond acceptors (Lipinski definition) is 3. The van der Waals surface area contributed by atoms with E-state index in [1.165, 1.54) is 16.3 Å². The lowest BCUT2D eigenvalue weighted by molar-refractivity contribution is 0.600. The third-order valence-corrected chi connectivity index (χ3v) is 3.22. The molecule has 4 heteroatoms. The summed E-state index contributed by atoms with van der Waals surface area (Å²) in [5.74, 6) is 0.845. The molecule has 1 heterocycles. The maximum absolute atomic E-state index is 4.26. The van der Waals surface area contributed by atoms with Gasteiger partial charge in [-0.25, -0.2) is 4.98 Å². The Hall–Kier alpha value is -2.20. The van der Waals surface area contributed by atoms with Crippen LogP contribution in [0.5, 0.6) is 0 Å². The van der Waals surface area contributed by atoms with Crippen LogP contribution in [0.2, 0.25) is 0 Å². The Morgan fingerprint density at radius 2 is 2.00 bits per heavy atom. The highest BCUT2D eigenvalue weighted by molar-refractivity contribution is 5.83. The SMILES string of the molecule is CCNC(c1ccc2ccccc2c1)c1ncn[nH]1. The molecule has 0 fully saturated rings. The number of nitrogens with one attached hydrogen (secondary N) is 2. The summed E-state index contributed by atoms with van der Waals surface area (Å²) >= 11 is 0. The molecule has 0 aliphatic heterocycles. The Kier molecular flexibility index (Phi) is 3.25. The Morgan fingerprint density at radius 1 is 1.16 bits per heavy atom. The van der Waals surface area contributed by atoms with Crippen LogP contribution < -0.4 is 5.32 Å². The molecule has 1 atom stereocenters. The molecule has 0 aliphatic carbocycles. The zero-order valence-corrected chi connectivity index (χ0v) is 10.8. The van der Waals surface area contributed by atoms with Crippen LogP contribution in [-0.2, 0) is 0 Å². The molecular formula is C15H16N4. The van der Waals surface area contributed by atoms with Gasteiger partial charge in [0.05, 0.1) is 6.04 Å². The van der Waals surface area contributed by atoms with Crippen LogP contribution in [0.15, 0.2) is 48.8 Å². The third-order valence-electron chi connectivity index (χ3n) is 3.22. The van der Waals surface area contributed by atoms with Crippen LogP contribution in [0.25, 0.3) is 10.8 Å². The van der Waals surface area contributed by atoms with E-state index in [4.69, 9.17) is 0 Å². The third kappa shape index (κ3) is 2.35. The molecule has 3 rings (SSSR count). The minimum atomic E-state index is 0.0529. The monoisotopic (exact) mass is 252 g/mol. The predicted octanol–water partition coefficient (Wildman–Crippen LogP) is 2.66.